The van der Waals surface area contributed by atoms with Crippen LogP contribution in [0.3, 0.4) is 0 Å². The van der Waals surface area contributed by atoms with Crippen molar-refractivity contribution in [1.29, 1.82) is 0 Å². The molecule has 1 aromatic carbocycles. The number of amides is 1. The van der Waals surface area contributed by atoms with Gasteiger partial charge in [0.15, 0.2) is 18.5 Å². The number of unbranched alkanes of at least 4 members (excludes halogenated alkanes) is 1. The van der Waals surface area contributed by atoms with Crippen LogP contribution in [-0.4, -0.2) is 29.7 Å². The van der Waals surface area contributed by atoms with Crippen molar-refractivity contribution in [2.45, 2.75) is 39.2 Å². The number of esters is 1. The zero-order chi connectivity index (χ0) is 18.9. The van der Waals surface area contributed by atoms with Crippen molar-refractivity contribution in [2.75, 3.05) is 11.9 Å². The van der Waals surface area contributed by atoms with Gasteiger partial charge in [-0.05, 0) is 44.0 Å². The molecule has 1 N–H and O–H groups in total. The lowest BCUT2D eigenvalue weighted by molar-refractivity contribution is -0.156. The molecule has 0 saturated carbocycles. The molecular formula is C18H21ClN2O5. The van der Waals surface area contributed by atoms with Crippen LogP contribution < -0.4 is 10.1 Å². The summed E-state index contributed by atoms with van der Waals surface area (Å²) in [5.74, 6) is 0.249. The second-order valence-electron chi connectivity index (χ2n) is 5.68. The number of ether oxygens (including phenoxy) is 2. The first-order chi connectivity index (χ1) is 12.5. The van der Waals surface area contributed by atoms with Crippen LogP contribution in [0.2, 0.25) is 5.02 Å². The quantitative estimate of drug-likeness (QED) is 0.666. The molecule has 1 amide bonds. The van der Waals surface area contributed by atoms with Crippen molar-refractivity contribution in [3.8, 4) is 5.75 Å². The van der Waals surface area contributed by atoms with Gasteiger partial charge in [-0.25, -0.2) is 4.79 Å². The SMILES string of the molecule is CCCCC(OC(=O)COc1ccc(Cl)cc1)C(=O)Nc1cc(C)on1. The van der Waals surface area contributed by atoms with Crippen LogP contribution in [0.1, 0.15) is 31.9 Å². The number of aryl methyl sites for hydroxylation is 1. The lowest BCUT2D eigenvalue weighted by atomic mass is 10.1. The van der Waals surface area contributed by atoms with E-state index in [2.05, 4.69) is 10.5 Å². The number of hydrogen-bond donors (Lipinski definition) is 1. The first kappa shape index (κ1) is 19.8. The van der Waals surface area contributed by atoms with Gasteiger partial charge in [0.25, 0.3) is 5.91 Å². The Balaban J connectivity index is 1.89. The topological polar surface area (TPSA) is 90.7 Å². The molecule has 2 rings (SSSR count). The van der Waals surface area contributed by atoms with Crippen molar-refractivity contribution in [3.63, 3.8) is 0 Å². The Labute approximate surface area is 156 Å². The van der Waals surface area contributed by atoms with E-state index in [0.29, 0.717) is 23.0 Å². The second-order valence-corrected chi connectivity index (χ2v) is 6.11. The molecule has 0 saturated heterocycles. The van der Waals surface area contributed by atoms with Crippen LogP contribution in [-0.2, 0) is 14.3 Å². The van der Waals surface area contributed by atoms with Crippen molar-refractivity contribution >= 4 is 29.3 Å². The molecule has 1 aromatic heterocycles. The monoisotopic (exact) mass is 380 g/mol. The third-order valence-electron chi connectivity index (χ3n) is 3.44. The van der Waals surface area contributed by atoms with Gasteiger partial charge in [-0.1, -0.05) is 30.1 Å². The van der Waals surface area contributed by atoms with Crippen LogP contribution >= 0.6 is 11.6 Å². The average Bonchev–Trinajstić information content (AvgIpc) is 3.02. The Hall–Kier alpha value is -2.54. The third-order valence-corrected chi connectivity index (χ3v) is 3.69. The standard InChI is InChI=1S/C18H21ClN2O5/c1-3-4-5-15(18(23)20-16-10-12(2)26-21-16)25-17(22)11-24-14-8-6-13(19)7-9-14/h6-10,15H,3-5,11H2,1-2H3,(H,20,21,23). The van der Waals surface area contributed by atoms with E-state index in [0.717, 1.165) is 12.8 Å². The predicted molar refractivity (Wildman–Crippen MR) is 96.2 cm³/mol. The Morgan fingerprint density at radius 1 is 1.31 bits per heavy atom. The summed E-state index contributed by atoms with van der Waals surface area (Å²) < 4.78 is 15.5. The zero-order valence-electron chi connectivity index (χ0n) is 14.7. The highest BCUT2D eigenvalue weighted by Crippen LogP contribution is 2.16. The van der Waals surface area contributed by atoms with Gasteiger partial charge in [0, 0.05) is 11.1 Å². The molecule has 0 fully saturated rings. The molecule has 0 aliphatic rings. The number of halogens is 1. The Morgan fingerprint density at radius 2 is 2.04 bits per heavy atom. The van der Waals surface area contributed by atoms with E-state index in [1.165, 1.54) is 0 Å². The van der Waals surface area contributed by atoms with E-state index in [1.54, 1.807) is 37.3 Å². The largest absolute Gasteiger partial charge is 0.482 e. The minimum absolute atomic E-state index is 0.280. The molecule has 2 aromatic rings. The van der Waals surface area contributed by atoms with E-state index < -0.39 is 18.0 Å². The van der Waals surface area contributed by atoms with Crippen LogP contribution in [0.25, 0.3) is 0 Å². The molecule has 0 aliphatic heterocycles. The molecule has 7 nitrogen and oxygen atoms in total. The van der Waals surface area contributed by atoms with Crippen LogP contribution in [0, 0.1) is 6.92 Å². The van der Waals surface area contributed by atoms with Crippen molar-refractivity contribution in [1.82, 2.24) is 5.16 Å². The Bertz CT molecular complexity index is 729. The second kappa shape index (κ2) is 9.82. The van der Waals surface area contributed by atoms with Crippen LogP contribution in [0.4, 0.5) is 5.82 Å². The van der Waals surface area contributed by atoms with E-state index in [-0.39, 0.29) is 12.4 Å². The van der Waals surface area contributed by atoms with Crippen molar-refractivity contribution in [3.05, 3.63) is 41.1 Å². The first-order valence-corrected chi connectivity index (χ1v) is 8.67. The lowest BCUT2D eigenvalue weighted by Crippen LogP contribution is -2.34. The zero-order valence-corrected chi connectivity index (χ0v) is 15.4. The molecule has 1 unspecified atom stereocenters. The average molecular weight is 381 g/mol. The van der Waals surface area contributed by atoms with E-state index >= 15 is 0 Å². The number of benzene rings is 1. The fourth-order valence-electron chi connectivity index (χ4n) is 2.13. The van der Waals surface area contributed by atoms with Gasteiger partial charge in [-0.15, -0.1) is 0 Å². The summed E-state index contributed by atoms with van der Waals surface area (Å²) in [4.78, 5) is 24.4. The van der Waals surface area contributed by atoms with Crippen molar-refractivity contribution in [2.24, 2.45) is 0 Å². The summed E-state index contributed by atoms with van der Waals surface area (Å²) in [6, 6.07) is 8.17. The Kier molecular flexibility index (Phi) is 7.47. The maximum Gasteiger partial charge on any atom is 0.344 e. The molecule has 0 spiro atoms. The lowest BCUT2D eigenvalue weighted by Gasteiger charge is -2.16. The fourth-order valence-corrected chi connectivity index (χ4v) is 2.26. The molecule has 8 heteroatoms. The Morgan fingerprint density at radius 3 is 2.65 bits per heavy atom. The van der Waals surface area contributed by atoms with E-state index in [9.17, 15) is 9.59 Å². The molecular weight excluding hydrogens is 360 g/mol. The highest BCUT2D eigenvalue weighted by atomic mass is 35.5. The number of anilines is 1. The molecule has 1 heterocycles. The van der Waals surface area contributed by atoms with Crippen LogP contribution in [0.5, 0.6) is 5.75 Å². The van der Waals surface area contributed by atoms with Gasteiger partial charge in [-0.2, -0.15) is 0 Å². The number of rotatable bonds is 9. The third kappa shape index (κ3) is 6.40. The number of carbonyl (C=O) groups is 2. The summed E-state index contributed by atoms with van der Waals surface area (Å²) in [7, 11) is 0. The highest BCUT2D eigenvalue weighted by Gasteiger charge is 2.23. The maximum atomic E-state index is 12.3. The van der Waals surface area contributed by atoms with E-state index in [1.807, 2.05) is 6.92 Å². The van der Waals surface area contributed by atoms with E-state index in [4.69, 9.17) is 25.6 Å². The maximum absolute atomic E-state index is 12.3. The number of carbonyl (C=O) groups excluding carboxylic acids is 2. The van der Waals surface area contributed by atoms with Gasteiger partial charge in [0.1, 0.15) is 11.5 Å². The summed E-state index contributed by atoms with van der Waals surface area (Å²) >= 11 is 5.79. The molecule has 26 heavy (non-hydrogen) atoms. The van der Waals surface area contributed by atoms with Crippen LogP contribution in [0.15, 0.2) is 34.9 Å². The van der Waals surface area contributed by atoms with Gasteiger partial charge in [-0.3, -0.25) is 4.79 Å². The summed E-state index contributed by atoms with van der Waals surface area (Å²) in [5.41, 5.74) is 0. The van der Waals surface area contributed by atoms with Gasteiger partial charge in [0.2, 0.25) is 0 Å². The smallest absolute Gasteiger partial charge is 0.344 e. The fraction of sp³-hybridized carbons (Fsp3) is 0.389. The normalized spacial score (nSPS) is 11.7. The van der Waals surface area contributed by atoms with Gasteiger partial charge in [0.05, 0.1) is 0 Å². The summed E-state index contributed by atoms with van der Waals surface area (Å²) in [6.07, 6.45) is 1.09. The number of aromatic nitrogens is 1. The summed E-state index contributed by atoms with van der Waals surface area (Å²) in [5, 5.41) is 6.85. The number of hydrogen-bond acceptors (Lipinski definition) is 6. The minimum Gasteiger partial charge on any atom is -0.482 e. The number of nitrogens with zero attached hydrogens (tertiary/aromatic N) is 1. The highest BCUT2D eigenvalue weighted by molar-refractivity contribution is 6.30. The molecule has 140 valence electrons. The molecule has 0 radical (unpaired) electrons. The first-order valence-electron chi connectivity index (χ1n) is 8.30. The predicted octanol–water partition coefficient (Wildman–Crippen LogP) is 3.76. The summed E-state index contributed by atoms with van der Waals surface area (Å²) in [6.45, 7) is 3.40. The van der Waals surface area contributed by atoms with Gasteiger partial charge >= 0.3 is 5.97 Å². The van der Waals surface area contributed by atoms with Crippen molar-refractivity contribution < 1.29 is 23.6 Å². The number of nitrogens with one attached hydrogen (secondary N) is 1. The minimum atomic E-state index is -0.923. The van der Waals surface area contributed by atoms with Gasteiger partial charge < -0.3 is 19.3 Å². The molecule has 1 atom stereocenters. The molecule has 0 bridgehead atoms. The molecule has 0 aliphatic carbocycles.